The maximum atomic E-state index is 13.1. The van der Waals surface area contributed by atoms with Crippen molar-refractivity contribution in [1.29, 1.82) is 0 Å². The molecule has 0 saturated heterocycles. The molecule has 0 bridgehead atoms. The Balaban J connectivity index is 1.61. The summed E-state index contributed by atoms with van der Waals surface area (Å²) in [4.78, 5) is 30.9. The molecule has 2 heterocycles. The number of aromatic nitrogens is 2. The van der Waals surface area contributed by atoms with Crippen LogP contribution in [0.2, 0.25) is 5.02 Å². The van der Waals surface area contributed by atoms with Crippen LogP contribution in [0.1, 0.15) is 11.3 Å². The zero-order chi connectivity index (χ0) is 20.4. The van der Waals surface area contributed by atoms with Crippen LogP contribution in [0.25, 0.3) is 5.69 Å². The van der Waals surface area contributed by atoms with Crippen molar-refractivity contribution in [3.63, 3.8) is 0 Å². The van der Waals surface area contributed by atoms with Gasteiger partial charge in [-0.05, 0) is 48.9 Å². The van der Waals surface area contributed by atoms with Crippen molar-refractivity contribution in [3.8, 4) is 5.69 Å². The number of hydrogen-bond donors (Lipinski definition) is 1. The molecular formula is C21H18ClN3O2S2. The van der Waals surface area contributed by atoms with Crippen molar-refractivity contribution in [3.05, 3.63) is 75.2 Å². The van der Waals surface area contributed by atoms with E-state index in [4.69, 9.17) is 16.6 Å². The van der Waals surface area contributed by atoms with E-state index in [0.29, 0.717) is 20.8 Å². The topological polar surface area (TPSA) is 64.0 Å². The number of thioether (sulfide) groups is 2. The molecule has 1 amide bonds. The van der Waals surface area contributed by atoms with Gasteiger partial charge in [0, 0.05) is 22.9 Å². The zero-order valence-electron chi connectivity index (χ0n) is 15.6. The summed E-state index contributed by atoms with van der Waals surface area (Å²) in [7, 11) is 0. The predicted octanol–water partition coefficient (Wildman–Crippen LogP) is 4.57. The van der Waals surface area contributed by atoms with Crippen LogP contribution in [-0.2, 0) is 11.2 Å². The molecule has 1 aromatic heterocycles. The van der Waals surface area contributed by atoms with E-state index < -0.39 is 0 Å². The van der Waals surface area contributed by atoms with Gasteiger partial charge in [0.2, 0.25) is 5.91 Å². The van der Waals surface area contributed by atoms with Crippen molar-refractivity contribution >= 4 is 46.7 Å². The van der Waals surface area contributed by atoms with Crippen LogP contribution in [-0.4, -0.2) is 27.0 Å². The number of nitrogens with one attached hydrogen (secondary N) is 1. The molecule has 0 unspecified atom stereocenters. The van der Waals surface area contributed by atoms with E-state index in [1.807, 2.05) is 31.2 Å². The molecule has 1 aliphatic heterocycles. The average molecular weight is 444 g/mol. The second-order valence-corrected chi connectivity index (χ2v) is 9.08. The second kappa shape index (κ2) is 8.65. The van der Waals surface area contributed by atoms with Crippen LogP contribution in [0.15, 0.2) is 63.4 Å². The molecule has 148 valence electrons. The van der Waals surface area contributed by atoms with E-state index in [-0.39, 0.29) is 17.2 Å². The smallest absolute Gasteiger partial charge is 0.272 e. The Morgan fingerprint density at radius 2 is 2.07 bits per heavy atom. The van der Waals surface area contributed by atoms with Crippen LogP contribution in [0.4, 0.5) is 5.69 Å². The fourth-order valence-electron chi connectivity index (χ4n) is 3.06. The lowest BCUT2D eigenvalue weighted by Gasteiger charge is -2.14. The van der Waals surface area contributed by atoms with Gasteiger partial charge in [-0.25, -0.2) is 4.98 Å². The van der Waals surface area contributed by atoms with E-state index in [2.05, 4.69) is 5.32 Å². The summed E-state index contributed by atoms with van der Waals surface area (Å²) in [5.74, 6) is 0.854. The Hall–Kier alpha value is -2.22. The average Bonchev–Trinajstić information content (AvgIpc) is 3.16. The number of halogens is 1. The number of aryl methyl sites for hydroxylation is 2. The molecular weight excluding hydrogens is 426 g/mol. The van der Waals surface area contributed by atoms with Crippen LogP contribution in [0.3, 0.4) is 0 Å². The highest BCUT2D eigenvalue weighted by atomic mass is 35.5. The van der Waals surface area contributed by atoms with Crippen molar-refractivity contribution in [2.75, 3.05) is 16.8 Å². The minimum Gasteiger partial charge on any atom is -0.325 e. The first-order valence-corrected chi connectivity index (χ1v) is 11.4. The summed E-state index contributed by atoms with van der Waals surface area (Å²) >= 11 is 8.79. The molecule has 4 rings (SSSR count). The van der Waals surface area contributed by atoms with Gasteiger partial charge in [0.05, 0.1) is 22.0 Å². The molecule has 0 fully saturated rings. The molecule has 5 nitrogen and oxygen atoms in total. The van der Waals surface area contributed by atoms with Gasteiger partial charge in [-0.2, -0.15) is 0 Å². The van der Waals surface area contributed by atoms with Gasteiger partial charge < -0.3 is 5.32 Å². The van der Waals surface area contributed by atoms with Gasteiger partial charge in [-0.1, -0.05) is 35.5 Å². The molecule has 0 aliphatic carbocycles. The first-order chi connectivity index (χ1) is 14.0. The normalized spacial score (nSPS) is 12.6. The number of benzene rings is 2. The molecule has 0 spiro atoms. The van der Waals surface area contributed by atoms with Gasteiger partial charge in [0.25, 0.3) is 5.56 Å². The third-order valence-corrected chi connectivity index (χ3v) is 6.68. The molecule has 0 saturated carbocycles. The van der Waals surface area contributed by atoms with E-state index in [1.54, 1.807) is 28.8 Å². The fourth-order valence-corrected chi connectivity index (χ4v) is 5.04. The SMILES string of the molecule is Cc1cccc(NC(=O)CSc2nc3c(c(=O)n2-c2ccc(Cl)cc2)SCC3)c1. The summed E-state index contributed by atoms with van der Waals surface area (Å²) < 4.78 is 1.57. The quantitative estimate of drug-likeness (QED) is 0.462. The number of carbonyl (C=O) groups excluding carboxylic acids is 1. The Morgan fingerprint density at radius 1 is 1.28 bits per heavy atom. The van der Waals surface area contributed by atoms with Gasteiger partial charge in [0.15, 0.2) is 5.16 Å². The number of hydrogen-bond acceptors (Lipinski definition) is 5. The Bertz CT molecular complexity index is 1130. The highest BCUT2D eigenvalue weighted by Crippen LogP contribution is 2.30. The number of rotatable bonds is 5. The predicted molar refractivity (Wildman–Crippen MR) is 120 cm³/mol. The molecule has 1 N–H and O–H groups in total. The third kappa shape index (κ3) is 4.52. The summed E-state index contributed by atoms with van der Waals surface area (Å²) in [5.41, 5.74) is 3.23. The van der Waals surface area contributed by atoms with Gasteiger partial charge in [0.1, 0.15) is 0 Å². The number of fused-ring (bicyclic) bond motifs is 1. The molecule has 8 heteroatoms. The Kier molecular flexibility index (Phi) is 5.99. The lowest BCUT2D eigenvalue weighted by molar-refractivity contribution is -0.113. The van der Waals surface area contributed by atoms with Crippen LogP contribution in [0, 0.1) is 6.92 Å². The minimum absolute atomic E-state index is 0.0959. The van der Waals surface area contributed by atoms with Crippen molar-refractivity contribution in [2.24, 2.45) is 0 Å². The van der Waals surface area contributed by atoms with Crippen LogP contribution < -0.4 is 10.9 Å². The standard InChI is InChI=1S/C21H18ClN3O2S2/c1-13-3-2-4-15(11-13)23-18(26)12-29-21-24-17-9-10-28-19(17)20(27)25(21)16-7-5-14(22)6-8-16/h2-8,11H,9-10,12H2,1H3,(H,23,26). The molecule has 3 aromatic rings. The maximum absolute atomic E-state index is 13.1. The summed E-state index contributed by atoms with van der Waals surface area (Å²) in [5, 5.41) is 4.00. The maximum Gasteiger partial charge on any atom is 0.272 e. The van der Waals surface area contributed by atoms with Gasteiger partial charge >= 0.3 is 0 Å². The molecule has 0 radical (unpaired) electrons. The van der Waals surface area contributed by atoms with Gasteiger partial charge in [-0.3, -0.25) is 14.2 Å². The first-order valence-electron chi connectivity index (χ1n) is 9.05. The highest BCUT2D eigenvalue weighted by molar-refractivity contribution is 8.00. The van der Waals surface area contributed by atoms with E-state index >= 15 is 0 Å². The largest absolute Gasteiger partial charge is 0.325 e. The fraction of sp³-hybridized carbons (Fsp3) is 0.190. The summed E-state index contributed by atoms with van der Waals surface area (Å²) in [6, 6.07) is 14.7. The monoisotopic (exact) mass is 443 g/mol. The summed E-state index contributed by atoms with van der Waals surface area (Å²) in [6.07, 6.45) is 0.764. The van der Waals surface area contributed by atoms with E-state index in [0.717, 1.165) is 29.1 Å². The second-order valence-electron chi connectivity index (χ2n) is 6.59. The van der Waals surface area contributed by atoms with Crippen molar-refractivity contribution in [2.45, 2.75) is 23.4 Å². The highest BCUT2D eigenvalue weighted by Gasteiger charge is 2.23. The van der Waals surface area contributed by atoms with Crippen molar-refractivity contribution in [1.82, 2.24) is 9.55 Å². The van der Waals surface area contributed by atoms with Gasteiger partial charge in [-0.15, -0.1) is 11.8 Å². The van der Waals surface area contributed by atoms with E-state index in [9.17, 15) is 9.59 Å². The first kappa shape index (κ1) is 20.1. The Labute approximate surface area is 181 Å². The van der Waals surface area contributed by atoms with Crippen molar-refractivity contribution < 1.29 is 4.79 Å². The molecule has 29 heavy (non-hydrogen) atoms. The number of amides is 1. The third-order valence-electron chi connectivity index (χ3n) is 4.39. The number of anilines is 1. The minimum atomic E-state index is -0.146. The molecule has 0 atom stereocenters. The Morgan fingerprint density at radius 3 is 2.83 bits per heavy atom. The lowest BCUT2D eigenvalue weighted by atomic mass is 10.2. The number of carbonyl (C=O) groups is 1. The molecule has 1 aliphatic rings. The van der Waals surface area contributed by atoms with E-state index in [1.165, 1.54) is 23.5 Å². The summed E-state index contributed by atoms with van der Waals surface area (Å²) in [6.45, 7) is 1.97. The lowest BCUT2D eigenvalue weighted by Crippen LogP contribution is -2.24. The molecule has 2 aromatic carbocycles. The van der Waals surface area contributed by atoms with Crippen LogP contribution in [0.5, 0.6) is 0 Å². The van der Waals surface area contributed by atoms with Crippen LogP contribution >= 0.6 is 35.1 Å². The number of nitrogens with zero attached hydrogens (tertiary/aromatic N) is 2. The zero-order valence-corrected chi connectivity index (χ0v) is 18.0.